The van der Waals surface area contributed by atoms with Crippen LogP contribution in [0.3, 0.4) is 0 Å². The molecule has 4 rings (SSSR count). The number of hydrogen-bond acceptors (Lipinski definition) is 7. The molecular formula is C24H29N3O6. The normalized spacial score (nSPS) is 20.4. The van der Waals surface area contributed by atoms with Crippen molar-refractivity contribution in [3.05, 3.63) is 35.5 Å². The summed E-state index contributed by atoms with van der Waals surface area (Å²) in [6.07, 6.45) is 2.41. The van der Waals surface area contributed by atoms with Crippen molar-refractivity contribution in [3.63, 3.8) is 0 Å². The fourth-order valence-corrected chi connectivity index (χ4v) is 4.15. The maximum Gasteiger partial charge on any atom is 0.357 e. The molecule has 9 nitrogen and oxygen atoms in total. The number of aliphatic hydroxyl groups is 1. The lowest BCUT2D eigenvalue weighted by Crippen LogP contribution is -2.51. The molecule has 1 saturated heterocycles. The summed E-state index contributed by atoms with van der Waals surface area (Å²) in [7, 11) is 0. The lowest BCUT2D eigenvalue weighted by atomic mass is 9.93. The number of likely N-dealkylation sites (tertiary alicyclic amines) is 1. The molecule has 2 heterocycles. The van der Waals surface area contributed by atoms with Crippen molar-refractivity contribution in [2.45, 2.75) is 57.7 Å². The van der Waals surface area contributed by atoms with E-state index in [1.54, 1.807) is 6.92 Å². The predicted octanol–water partition coefficient (Wildman–Crippen LogP) is 1.73. The Morgan fingerprint density at radius 1 is 1.24 bits per heavy atom. The van der Waals surface area contributed by atoms with Crippen LogP contribution in [0.2, 0.25) is 0 Å². The van der Waals surface area contributed by atoms with E-state index < -0.39 is 24.0 Å². The van der Waals surface area contributed by atoms with Crippen molar-refractivity contribution < 1.29 is 29.0 Å². The zero-order chi connectivity index (χ0) is 23.5. The van der Waals surface area contributed by atoms with Crippen LogP contribution in [-0.4, -0.2) is 70.7 Å². The summed E-state index contributed by atoms with van der Waals surface area (Å²) in [5.41, 5.74) is 1.61. The molecule has 2 amide bonds. The molecule has 1 aliphatic carbocycles. The molecule has 1 aliphatic heterocycles. The summed E-state index contributed by atoms with van der Waals surface area (Å²) in [6, 6.07) is 6.42. The fraction of sp³-hybridized carbons (Fsp3) is 0.500. The molecule has 1 aromatic carbocycles. The molecule has 2 N–H and O–H groups in total. The Balaban J connectivity index is 1.51. The number of ether oxygens (including phenoxy) is 2. The van der Waals surface area contributed by atoms with Crippen molar-refractivity contribution in [2.75, 3.05) is 19.8 Å². The average Bonchev–Trinajstić information content (AvgIpc) is 3.15. The van der Waals surface area contributed by atoms with Crippen LogP contribution in [0.5, 0.6) is 5.75 Å². The minimum atomic E-state index is -0.758. The van der Waals surface area contributed by atoms with E-state index in [1.807, 2.05) is 25.1 Å². The zero-order valence-electron chi connectivity index (χ0n) is 18.9. The smallest absolute Gasteiger partial charge is 0.357 e. The van der Waals surface area contributed by atoms with Gasteiger partial charge in [-0.2, -0.15) is 0 Å². The molecule has 2 aromatic rings. The van der Waals surface area contributed by atoms with Gasteiger partial charge in [-0.05, 0) is 50.8 Å². The lowest BCUT2D eigenvalue weighted by molar-refractivity contribution is -0.140. The van der Waals surface area contributed by atoms with E-state index in [0.717, 1.165) is 24.8 Å². The number of esters is 1. The minimum absolute atomic E-state index is 0.0787. The number of fused-ring (bicyclic) bond motifs is 1. The van der Waals surface area contributed by atoms with Crippen molar-refractivity contribution >= 4 is 28.7 Å². The minimum Gasteiger partial charge on any atom is -0.483 e. The van der Waals surface area contributed by atoms with Crippen molar-refractivity contribution in [1.29, 1.82) is 0 Å². The first-order chi connectivity index (χ1) is 15.9. The molecule has 2 aliphatic rings. The standard InChI is InChI=1S/C24H29N3O6/c1-3-32-24(31)19-11-21(17-8-7-14(2)9-18(17)26-19)33-13-22(29)27-12-16(28)10-20(27)23(30)25-15-5-4-6-15/h7-9,11,15-16,20,28H,3-6,10,12-13H2,1-2H3,(H,25,30)/t16-,20-/m0/s1. The number of carbonyl (C=O) groups excluding carboxylic acids is 3. The van der Waals surface area contributed by atoms with E-state index in [4.69, 9.17) is 9.47 Å². The molecule has 0 bridgehead atoms. The number of nitrogens with one attached hydrogen (secondary N) is 1. The Morgan fingerprint density at radius 3 is 2.73 bits per heavy atom. The van der Waals surface area contributed by atoms with Gasteiger partial charge in [0.1, 0.15) is 11.8 Å². The van der Waals surface area contributed by atoms with Gasteiger partial charge in [-0.25, -0.2) is 9.78 Å². The number of aromatic nitrogens is 1. The fourth-order valence-electron chi connectivity index (χ4n) is 4.15. The molecule has 0 radical (unpaired) electrons. The van der Waals surface area contributed by atoms with Gasteiger partial charge in [-0.1, -0.05) is 6.07 Å². The first-order valence-corrected chi connectivity index (χ1v) is 11.3. The third-order valence-electron chi connectivity index (χ3n) is 6.12. The number of amides is 2. The summed E-state index contributed by atoms with van der Waals surface area (Å²) in [6.45, 7) is 3.57. The van der Waals surface area contributed by atoms with Crippen molar-refractivity contribution in [2.24, 2.45) is 0 Å². The molecular weight excluding hydrogens is 426 g/mol. The van der Waals surface area contributed by atoms with Gasteiger partial charge in [0.15, 0.2) is 12.3 Å². The zero-order valence-corrected chi connectivity index (χ0v) is 18.9. The third kappa shape index (κ3) is 5.08. The van der Waals surface area contributed by atoms with Crippen LogP contribution in [0.15, 0.2) is 24.3 Å². The van der Waals surface area contributed by atoms with Gasteiger partial charge >= 0.3 is 5.97 Å². The number of carbonyl (C=O) groups is 3. The molecule has 0 unspecified atom stereocenters. The molecule has 2 fully saturated rings. The molecule has 1 aromatic heterocycles. The maximum atomic E-state index is 13.0. The van der Waals surface area contributed by atoms with Crippen molar-refractivity contribution in [3.8, 4) is 5.75 Å². The highest BCUT2D eigenvalue weighted by Gasteiger charge is 2.40. The summed E-state index contributed by atoms with van der Waals surface area (Å²) < 4.78 is 10.9. The van der Waals surface area contributed by atoms with Crippen molar-refractivity contribution in [1.82, 2.24) is 15.2 Å². The number of pyridine rings is 1. The Kier molecular flexibility index (Phi) is 6.78. The summed E-state index contributed by atoms with van der Waals surface area (Å²) in [5.74, 6) is -0.895. The number of β-amino-alcohol motifs (C(OH)–C–C–N with tert-alkyl or cyclic N) is 1. The Bertz CT molecular complexity index is 1070. The average molecular weight is 456 g/mol. The summed E-state index contributed by atoms with van der Waals surface area (Å²) in [5, 5.41) is 13.7. The second kappa shape index (κ2) is 9.74. The third-order valence-corrected chi connectivity index (χ3v) is 6.12. The van der Waals surface area contributed by atoms with Crippen LogP contribution in [-0.2, 0) is 14.3 Å². The van der Waals surface area contributed by atoms with E-state index >= 15 is 0 Å². The Labute approximate surface area is 192 Å². The van der Waals surface area contributed by atoms with E-state index in [-0.39, 0.29) is 43.8 Å². The van der Waals surface area contributed by atoms with Crippen LogP contribution < -0.4 is 10.1 Å². The number of hydrogen-bond donors (Lipinski definition) is 2. The number of aliphatic hydroxyl groups excluding tert-OH is 1. The first-order valence-electron chi connectivity index (χ1n) is 11.3. The molecule has 2 atom stereocenters. The van der Waals surface area contributed by atoms with Crippen LogP contribution in [0, 0.1) is 6.92 Å². The van der Waals surface area contributed by atoms with Gasteiger partial charge in [-0.15, -0.1) is 0 Å². The van der Waals surface area contributed by atoms with Gasteiger partial charge in [0.2, 0.25) is 5.91 Å². The van der Waals surface area contributed by atoms with Gasteiger partial charge in [-0.3, -0.25) is 9.59 Å². The Hall–Kier alpha value is -3.20. The number of nitrogens with zero attached hydrogens (tertiary/aromatic N) is 2. The maximum absolute atomic E-state index is 13.0. The van der Waals surface area contributed by atoms with Crippen LogP contribution >= 0.6 is 0 Å². The van der Waals surface area contributed by atoms with Crippen LogP contribution in [0.25, 0.3) is 10.9 Å². The number of aryl methyl sites for hydroxylation is 1. The Morgan fingerprint density at radius 2 is 2.03 bits per heavy atom. The van der Waals surface area contributed by atoms with Crippen LogP contribution in [0.4, 0.5) is 0 Å². The molecule has 9 heteroatoms. The van der Waals surface area contributed by atoms with Gasteiger partial charge < -0.3 is 24.8 Å². The monoisotopic (exact) mass is 455 g/mol. The van der Waals surface area contributed by atoms with E-state index in [9.17, 15) is 19.5 Å². The molecule has 176 valence electrons. The topological polar surface area (TPSA) is 118 Å². The highest BCUT2D eigenvalue weighted by atomic mass is 16.5. The molecule has 1 saturated carbocycles. The predicted molar refractivity (Wildman–Crippen MR) is 120 cm³/mol. The number of rotatable bonds is 7. The van der Waals surface area contributed by atoms with Gasteiger partial charge in [0, 0.05) is 30.5 Å². The SMILES string of the molecule is CCOC(=O)c1cc(OCC(=O)N2C[C@@H](O)C[C@H]2C(=O)NC2CCC2)c2ccc(C)cc2n1. The largest absolute Gasteiger partial charge is 0.483 e. The molecule has 33 heavy (non-hydrogen) atoms. The highest BCUT2D eigenvalue weighted by Crippen LogP contribution is 2.28. The highest BCUT2D eigenvalue weighted by molar-refractivity contribution is 5.94. The summed E-state index contributed by atoms with van der Waals surface area (Å²) in [4.78, 5) is 43.6. The van der Waals surface area contributed by atoms with Crippen LogP contribution in [0.1, 0.15) is 48.7 Å². The second-order valence-electron chi connectivity index (χ2n) is 8.62. The van der Waals surface area contributed by atoms with E-state index in [1.165, 1.54) is 11.0 Å². The van der Waals surface area contributed by atoms with Gasteiger partial charge in [0.05, 0.1) is 18.2 Å². The number of benzene rings is 1. The molecule has 0 spiro atoms. The van der Waals surface area contributed by atoms with Gasteiger partial charge in [0.25, 0.3) is 5.91 Å². The lowest BCUT2D eigenvalue weighted by Gasteiger charge is -2.30. The van der Waals surface area contributed by atoms with E-state index in [2.05, 4.69) is 10.3 Å². The first kappa shape index (κ1) is 23.0. The van der Waals surface area contributed by atoms with E-state index in [0.29, 0.717) is 16.7 Å². The summed E-state index contributed by atoms with van der Waals surface area (Å²) >= 11 is 0. The second-order valence-corrected chi connectivity index (χ2v) is 8.62. The quantitative estimate of drug-likeness (QED) is 0.611.